The molecule has 2 aliphatic heterocycles. The number of hydrogen-bond donors (Lipinski definition) is 1. The number of ether oxygens (including phenoxy) is 3. The normalized spacial score (nSPS) is 20.3. The van der Waals surface area contributed by atoms with Gasteiger partial charge in [0.2, 0.25) is 0 Å². The summed E-state index contributed by atoms with van der Waals surface area (Å²) in [4.78, 5) is 33.4. The van der Waals surface area contributed by atoms with Gasteiger partial charge in [-0.3, -0.25) is 19.8 Å². The molecule has 0 bridgehead atoms. The molecule has 0 aromatic heterocycles. The van der Waals surface area contributed by atoms with Gasteiger partial charge in [0.1, 0.15) is 34.9 Å². The van der Waals surface area contributed by atoms with Gasteiger partial charge >= 0.3 is 5.97 Å². The van der Waals surface area contributed by atoms with Crippen molar-refractivity contribution in [2.75, 3.05) is 45.3 Å². The Labute approximate surface area is 240 Å². The van der Waals surface area contributed by atoms with Gasteiger partial charge in [0.15, 0.2) is 6.23 Å². The van der Waals surface area contributed by atoms with Crippen LogP contribution in [-0.2, 0) is 9.53 Å². The van der Waals surface area contributed by atoms with E-state index < -0.39 is 22.7 Å². The summed E-state index contributed by atoms with van der Waals surface area (Å²) in [5, 5.41) is 12.3. The van der Waals surface area contributed by atoms with E-state index in [-0.39, 0.29) is 23.5 Å². The minimum absolute atomic E-state index is 0.0188. The maximum absolute atomic E-state index is 12.9. The third-order valence-corrected chi connectivity index (χ3v) is 7.73. The molecule has 0 amide bonds. The molecular formula is C30H39N5O6. The lowest BCUT2D eigenvalue weighted by Gasteiger charge is -2.40. The van der Waals surface area contributed by atoms with Gasteiger partial charge in [-0.05, 0) is 38.0 Å². The van der Waals surface area contributed by atoms with E-state index in [0.29, 0.717) is 11.3 Å². The Morgan fingerprint density at radius 3 is 2.39 bits per heavy atom. The number of rotatable bonds is 11. The Hall–Kier alpha value is -4.12. The van der Waals surface area contributed by atoms with Gasteiger partial charge in [-0.15, -0.1) is 0 Å². The van der Waals surface area contributed by atoms with Gasteiger partial charge in [-0.2, -0.15) is 0 Å². The Bertz CT molecular complexity index is 1300. The van der Waals surface area contributed by atoms with Crippen molar-refractivity contribution in [2.24, 2.45) is 16.6 Å². The first-order valence-electron chi connectivity index (χ1n) is 13.9. The van der Waals surface area contributed by atoms with E-state index in [0.717, 1.165) is 56.9 Å². The van der Waals surface area contributed by atoms with Crippen molar-refractivity contribution in [3.8, 4) is 11.5 Å². The number of benzene rings is 2. The molecule has 1 fully saturated rings. The highest BCUT2D eigenvalue weighted by atomic mass is 16.6. The molecule has 0 aliphatic carbocycles. The topological polar surface area (TPSA) is 133 Å². The maximum Gasteiger partial charge on any atom is 0.317 e. The van der Waals surface area contributed by atoms with Crippen molar-refractivity contribution >= 4 is 17.5 Å². The number of piperazine rings is 1. The average molecular weight is 566 g/mol. The molecule has 0 saturated carbocycles. The lowest BCUT2D eigenvalue weighted by Crippen LogP contribution is -2.52. The Kier molecular flexibility index (Phi) is 9.82. The molecule has 3 atom stereocenters. The number of hydrogen-bond acceptors (Lipinski definition) is 10. The van der Waals surface area contributed by atoms with Crippen molar-refractivity contribution in [1.29, 1.82) is 0 Å². The molecule has 11 nitrogen and oxygen atoms in total. The molecule has 4 rings (SSSR count). The van der Waals surface area contributed by atoms with Crippen LogP contribution in [0.3, 0.4) is 0 Å². The number of aliphatic imine (C=N–C) groups is 1. The third-order valence-electron chi connectivity index (χ3n) is 7.73. The highest BCUT2D eigenvalue weighted by Crippen LogP contribution is 2.43. The first-order chi connectivity index (χ1) is 19.8. The summed E-state index contributed by atoms with van der Waals surface area (Å²) in [5.41, 5.74) is 7.70. The molecule has 3 unspecified atom stereocenters. The molecule has 11 heteroatoms. The van der Waals surface area contributed by atoms with Crippen LogP contribution >= 0.6 is 0 Å². The molecule has 41 heavy (non-hydrogen) atoms. The SMILES string of the molecule is CCCCC(Oc1ccccc1C1C([N+](=O)[O-])=C(C)N=C(N)C1C(=O)OC)N1CCN(c2ccccc2OC)CC1. The zero-order valence-corrected chi connectivity index (χ0v) is 24.1. The van der Waals surface area contributed by atoms with E-state index in [4.69, 9.17) is 19.9 Å². The smallest absolute Gasteiger partial charge is 0.317 e. The average Bonchev–Trinajstić information content (AvgIpc) is 2.98. The fraction of sp³-hybridized carbons (Fsp3) is 0.467. The van der Waals surface area contributed by atoms with Crippen LogP contribution in [0.2, 0.25) is 0 Å². The molecule has 2 heterocycles. The van der Waals surface area contributed by atoms with Crippen LogP contribution < -0.4 is 20.1 Å². The maximum atomic E-state index is 12.9. The van der Waals surface area contributed by atoms with Crippen molar-refractivity contribution in [1.82, 2.24) is 4.90 Å². The highest BCUT2D eigenvalue weighted by molar-refractivity contribution is 6.02. The number of para-hydroxylation sites is 3. The van der Waals surface area contributed by atoms with Crippen molar-refractivity contribution < 1.29 is 23.9 Å². The number of amidine groups is 1. The second-order valence-electron chi connectivity index (χ2n) is 10.2. The van der Waals surface area contributed by atoms with Gasteiger partial charge in [0, 0.05) is 31.7 Å². The van der Waals surface area contributed by atoms with Gasteiger partial charge in [-0.25, -0.2) is 4.99 Å². The van der Waals surface area contributed by atoms with Crippen LogP contribution in [0.4, 0.5) is 5.69 Å². The summed E-state index contributed by atoms with van der Waals surface area (Å²) in [6.45, 7) is 6.78. The van der Waals surface area contributed by atoms with Gasteiger partial charge in [-0.1, -0.05) is 43.7 Å². The number of carbonyl (C=O) groups is 1. The van der Waals surface area contributed by atoms with Crippen molar-refractivity contribution in [3.63, 3.8) is 0 Å². The number of nitro groups is 1. The largest absolute Gasteiger partial charge is 0.495 e. The van der Waals surface area contributed by atoms with E-state index in [9.17, 15) is 14.9 Å². The van der Waals surface area contributed by atoms with Crippen LogP contribution in [-0.4, -0.2) is 68.3 Å². The lowest BCUT2D eigenvalue weighted by atomic mass is 9.80. The van der Waals surface area contributed by atoms with E-state index in [1.165, 1.54) is 14.0 Å². The molecule has 1 saturated heterocycles. The summed E-state index contributed by atoms with van der Waals surface area (Å²) < 4.78 is 17.3. The predicted octanol–water partition coefficient (Wildman–Crippen LogP) is 4.16. The standard InChI is InChI=1S/C30H39N5O6/c1-5-6-15-25(34-18-16-33(17-19-34)22-12-8-10-14-24(22)39-3)41-23-13-9-7-11-21(23)26-27(30(36)40-4)29(31)32-20(2)28(26)35(37)38/h7-14,25-27H,5-6,15-19H2,1-4H3,(H2,31,32). The fourth-order valence-corrected chi connectivity index (χ4v) is 5.66. The predicted molar refractivity (Wildman–Crippen MR) is 157 cm³/mol. The molecule has 2 aromatic rings. The monoisotopic (exact) mass is 565 g/mol. The zero-order valence-electron chi connectivity index (χ0n) is 24.1. The third kappa shape index (κ3) is 6.45. The summed E-state index contributed by atoms with van der Waals surface area (Å²) in [6, 6.07) is 15.1. The van der Waals surface area contributed by atoms with E-state index in [1.54, 1.807) is 25.3 Å². The second-order valence-corrected chi connectivity index (χ2v) is 10.2. The van der Waals surface area contributed by atoms with Crippen molar-refractivity contribution in [3.05, 3.63) is 75.6 Å². The molecule has 220 valence electrons. The number of esters is 1. The Balaban J connectivity index is 1.63. The second kappa shape index (κ2) is 13.5. The van der Waals surface area contributed by atoms with Crippen LogP contribution in [0.1, 0.15) is 44.6 Å². The first kappa shape index (κ1) is 29.9. The molecular weight excluding hydrogens is 526 g/mol. The number of nitrogens with two attached hydrogens (primary N) is 1. The lowest BCUT2D eigenvalue weighted by molar-refractivity contribution is -0.432. The zero-order chi connectivity index (χ0) is 29.5. The minimum atomic E-state index is -1.15. The Morgan fingerprint density at radius 2 is 1.76 bits per heavy atom. The fourth-order valence-electron chi connectivity index (χ4n) is 5.66. The van der Waals surface area contributed by atoms with Crippen LogP contribution in [0, 0.1) is 16.0 Å². The van der Waals surface area contributed by atoms with Crippen molar-refractivity contribution in [2.45, 2.75) is 45.3 Å². The number of carbonyl (C=O) groups excluding carboxylic acids is 1. The number of unbranched alkanes of at least 4 members (excludes halogenated alkanes) is 1. The molecule has 2 N–H and O–H groups in total. The highest BCUT2D eigenvalue weighted by Gasteiger charge is 2.47. The van der Waals surface area contributed by atoms with Gasteiger partial charge in [0.05, 0.1) is 24.8 Å². The summed E-state index contributed by atoms with van der Waals surface area (Å²) in [5.74, 6) is -1.55. The van der Waals surface area contributed by atoms with Crippen LogP contribution in [0.15, 0.2) is 64.9 Å². The summed E-state index contributed by atoms with van der Waals surface area (Å²) in [6.07, 6.45) is 2.47. The van der Waals surface area contributed by atoms with E-state index >= 15 is 0 Å². The first-order valence-corrected chi connectivity index (χ1v) is 13.9. The van der Waals surface area contributed by atoms with Gasteiger partial charge in [0.25, 0.3) is 5.70 Å². The molecule has 2 aliphatic rings. The summed E-state index contributed by atoms with van der Waals surface area (Å²) in [7, 11) is 2.91. The molecule has 0 spiro atoms. The summed E-state index contributed by atoms with van der Waals surface area (Å²) >= 11 is 0. The Morgan fingerprint density at radius 1 is 1.10 bits per heavy atom. The van der Waals surface area contributed by atoms with E-state index in [1.807, 2.05) is 24.3 Å². The molecule has 2 aromatic carbocycles. The minimum Gasteiger partial charge on any atom is -0.495 e. The van der Waals surface area contributed by atoms with Crippen LogP contribution in [0.5, 0.6) is 11.5 Å². The molecule has 0 radical (unpaired) electrons. The van der Waals surface area contributed by atoms with Crippen LogP contribution in [0.25, 0.3) is 0 Å². The number of anilines is 1. The van der Waals surface area contributed by atoms with E-state index in [2.05, 4.69) is 27.8 Å². The quantitative estimate of drug-likeness (QED) is 0.242. The number of methoxy groups -OCH3 is 2. The van der Waals surface area contributed by atoms with Gasteiger partial charge < -0.3 is 24.8 Å². The number of allylic oxidation sites excluding steroid dienone is 2. The number of nitrogens with zero attached hydrogens (tertiary/aromatic N) is 4.